The van der Waals surface area contributed by atoms with Gasteiger partial charge >= 0.3 is 0 Å². The second kappa shape index (κ2) is 6.20. The molecule has 21 heavy (non-hydrogen) atoms. The normalized spacial score (nSPS) is 24.5. The Kier molecular flexibility index (Phi) is 4.74. The van der Waals surface area contributed by atoms with Gasteiger partial charge in [-0.2, -0.15) is 0 Å². The first-order valence-electron chi connectivity index (χ1n) is 8.16. The van der Waals surface area contributed by atoms with Crippen LogP contribution >= 0.6 is 0 Å². The van der Waals surface area contributed by atoms with Crippen molar-refractivity contribution in [3.63, 3.8) is 0 Å². The fourth-order valence-electron chi connectivity index (χ4n) is 3.26. The predicted octanol–water partition coefficient (Wildman–Crippen LogP) is 2.56. The SMILES string of the molecule is C=CC(=O)N1CC(C)(C)C1C(=NCC)N(CC)CC1CC1. The van der Waals surface area contributed by atoms with Crippen LogP contribution in [0.1, 0.15) is 40.5 Å². The van der Waals surface area contributed by atoms with Gasteiger partial charge in [-0.1, -0.05) is 20.4 Å². The van der Waals surface area contributed by atoms with Crippen LogP contribution in [0.25, 0.3) is 0 Å². The maximum absolute atomic E-state index is 12.1. The van der Waals surface area contributed by atoms with E-state index in [1.807, 2.05) is 4.90 Å². The van der Waals surface area contributed by atoms with E-state index in [-0.39, 0.29) is 17.4 Å². The van der Waals surface area contributed by atoms with Gasteiger partial charge in [-0.3, -0.25) is 9.79 Å². The largest absolute Gasteiger partial charge is 0.359 e. The second-order valence-electron chi connectivity index (χ2n) is 6.88. The number of likely N-dealkylation sites (tertiary alicyclic amines) is 1. The highest BCUT2D eigenvalue weighted by Crippen LogP contribution is 2.39. The molecule has 4 nitrogen and oxygen atoms in total. The number of carbonyl (C=O) groups is 1. The molecule has 2 aliphatic rings. The molecule has 1 saturated heterocycles. The minimum absolute atomic E-state index is 0.0191. The molecule has 2 rings (SSSR count). The number of likely N-dealkylation sites (N-methyl/N-ethyl adjacent to an activating group) is 1. The summed E-state index contributed by atoms with van der Waals surface area (Å²) in [6, 6.07) is 0.0849. The summed E-state index contributed by atoms with van der Waals surface area (Å²) in [5.41, 5.74) is 0.0869. The zero-order valence-corrected chi connectivity index (χ0v) is 13.9. The maximum Gasteiger partial charge on any atom is 0.246 e. The molecule has 1 unspecified atom stereocenters. The summed E-state index contributed by atoms with van der Waals surface area (Å²) >= 11 is 0. The molecule has 1 saturated carbocycles. The number of amides is 1. The molecule has 0 aromatic rings. The van der Waals surface area contributed by atoms with E-state index < -0.39 is 0 Å². The van der Waals surface area contributed by atoms with Crippen LogP contribution in [0, 0.1) is 11.3 Å². The van der Waals surface area contributed by atoms with Crippen LogP contribution in [0.5, 0.6) is 0 Å². The molecule has 1 atom stereocenters. The second-order valence-corrected chi connectivity index (χ2v) is 6.88. The minimum atomic E-state index is 0.0191. The van der Waals surface area contributed by atoms with Crippen molar-refractivity contribution in [3.05, 3.63) is 12.7 Å². The summed E-state index contributed by atoms with van der Waals surface area (Å²) in [4.78, 5) is 21.2. The van der Waals surface area contributed by atoms with Crippen molar-refractivity contribution in [2.45, 2.75) is 46.6 Å². The van der Waals surface area contributed by atoms with Gasteiger partial charge in [0.15, 0.2) is 0 Å². The number of hydrogen-bond donors (Lipinski definition) is 0. The Morgan fingerprint density at radius 3 is 2.52 bits per heavy atom. The Morgan fingerprint density at radius 2 is 2.10 bits per heavy atom. The summed E-state index contributed by atoms with van der Waals surface area (Å²) in [5, 5.41) is 0. The molecular weight excluding hydrogens is 262 g/mol. The van der Waals surface area contributed by atoms with E-state index in [1.165, 1.54) is 18.9 Å². The van der Waals surface area contributed by atoms with Crippen molar-refractivity contribution in [1.29, 1.82) is 0 Å². The van der Waals surface area contributed by atoms with Gasteiger partial charge < -0.3 is 9.80 Å². The molecule has 0 bridgehead atoms. The summed E-state index contributed by atoms with van der Waals surface area (Å²) in [6.07, 6.45) is 4.08. The van der Waals surface area contributed by atoms with Crippen LogP contribution in [0.3, 0.4) is 0 Å². The highest BCUT2D eigenvalue weighted by molar-refractivity contribution is 5.97. The van der Waals surface area contributed by atoms with Crippen LogP contribution in [-0.2, 0) is 4.79 Å². The molecule has 0 N–H and O–H groups in total. The first kappa shape index (κ1) is 16.1. The standard InChI is InChI=1S/C17H29N3O/c1-6-14(21)20-12-17(4,5)15(20)16(18-7-2)19(8-3)11-13-9-10-13/h6,13,15H,1,7-12H2,2-5H3. The fraction of sp³-hybridized carbons (Fsp3) is 0.765. The monoisotopic (exact) mass is 291 g/mol. The molecule has 1 heterocycles. The summed E-state index contributed by atoms with van der Waals surface area (Å²) in [5.74, 6) is 1.93. The topological polar surface area (TPSA) is 35.9 Å². The van der Waals surface area contributed by atoms with E-state index in [1.54, 1.807) is 0 Å². The highest BCUT2D eigenvalue weighted by Gasteiger charge is 2.51. The Labute approximate surface area is 128 Å². The van der Waals surface area contributed by atoms with Crippen molar-refractivity contribution in [2.24, 2.45) is 16.3 Å². The third-order valence-electron chi connectivity index (χ3n) is 4.53. The van der Waals surface area contributed by atoms with Gasteiger partial charge in [0.25, 0.3) is 0 Å². The van der Waals surface area contributed by atoms with E-state index in [9.17, 15) is 4.79 Å². The quantitative estimate of drug-likeness (QED) is 0.428. The van der Waals surface area contributed by atoms with Gasteiger partial charge in [-0.15, -0.1) is 0 Å². The Balaban J connectivity index is 2.23. The fourth-order valence-corrected chi connectivity index (χ4v) is 3.26. The van der Waals surface area contributed by atoms with Crippen molar-refractivity contribution in [2.75, 3.05) is 26.2 Å². The third-order valence-corrected chi connectivity index (χ3v) is 4.53. The lowest BCUT2D eigenvalue weighted by atomic mass is 9.73. The molecule has 4 heteroatoms. The Morgan fingerprint density at radius 1 is 1.43 bits per heavy atom. The van der Waals surface area contributed by atoms with Crippen molar-refractivity contribution in [1.82, 2.24) is 9.80 Å². The molecule has 1 aliphatic heterocycles. The smallest absolute Gasteiger partial charge is 0.246 e. The number of hydrogen-bond acceptors (Lipinski definition) is 2. The van der Waals surface area contributed by atoms with Crippen LogP contribution in [0.15, 0.2) is 17.6 Å². The van der Waals surface area contributed by atoms with Gasteiger partial charge in [0.2, 0.25) is 5.91 Å². The summed E-state index contributed by atoms with van der Waals surface area (Å²) < 4.78 is 0. The molecule has 1 aliphatic carbocycles. The molecule has 0 radical (unpaired) electrons. The lowest BCUT2D eigenvalue weighted by molar-refractivity contribution is -0.140. The number of carbonyl (C=O) groups excluding carboxylic acids is 1. The lowest BCUT2D eigenvalue weighted by Gasteiger charge is -2.55. The van der Waals surface area contributed by atoms with E-state index in [0.29, 0.717) is 0 Å². The van der Waals surface area contributed by atoms with Gasteiger partial charge in [-0.25, -0.2) is 0 Å². The molecule has 2 fully saturated rings. The first-order chi connectivity index (χ1) is 9.94. The molecule has 118 valence electrons. The molecule has 0 aromatic carbocycles. The van der Waals surface area contributed by atoms with E-state index >= 15 is 0 Å². The van der Waals surface area contributed by atoms with Gasteiger partial charge in [0.1, 0.15) is 5.84 Å². The lowest BCUT2D eigenvalue weighted by Crippen LogP contribution is -2.69. The average Bonchev–Trinajstić information content (AvgIpc) is 3.25. The average molecular weight is 291 g/mol. The highest BCUT2D eigenvalue weighted by atomic mass is 16.2. The van der Waals surface area contributed by atoms with Crippen LogP contribution in [0.4, 0.5) is 0 Å². The summed E-state index contributed by atoms with van der Waals surface area (Å²) in [7, 11) is 0. The number of amidine groups is 1. The van der Waals surface area contributed by atoms with E-state index in [2.05, 4.69) is 39.2 Å². The Hall–Kier alpha value is -1.32. The van der Waals surface area contributed by atoms with Gasteiger partial charge in [0, 0.05) is 31.6 Å². The number of nitrogens with zero attached hydrogens (tertiary/aromatic N) is 3. The van der Waals surface area contributed by atoms with Crippen LogP contribution in [-0.4, -0.2) is 53.8 Å². The molecule has 1 amide bonds. The molecular formula is C17H29N3O. The summed E-state index contributed by atoms with van der Waals surface area (Å²) in [6.45, 7) is 15.9. The van der Waals surface area contributed by atoms with Crippen molar-refractivity contribution >= 4 is 11.7 Å². The Bertz CT molecular complexity index is 437. The maximum atomic E-state index is 12.1. The van der Waals surface area contributed by atoms with Crippen molar-refractivity contribution in [3.8, 4) is 0 Å². The molecule has 0 spiro atoms. The van der Waals surface area contributed by atoms with E-state index in [0.717, 1.165) is 37.9 Å². The minimum Gasteiger partial charge on any atom is -0.359 e. The zero-order chi connectivity index (χ0) is 15.6. The molecule has 0 aromatic heterocycles. The van der Waals surface area contributed by atoms with Crippen LogP contribution in [0.2, 0.25) is 0 Å². The van der Waals surface area contributed by atoms with Crippen LogP contribution < -0.4 is 0 Å². The first-order valence-corrected chi connectivity index (χ1v) is 8.16. The zero-order valence-electron chi connectivity index (χ0n) is 13.9. The third kappa shape index (κ3) is 3.30. The number of aliphatic imine (C=N–C) groups is 1. The van der Waals surface area contributed by atoms with Gasteiger partial charge in [0.05, 0.1) is 6.04 Å². The van der Waals surface area contributed by atoms with Gasteiger partial charge in [-0.05, 0) is 38.7 Å². The van der Waals surface area contributed by atoms with E-state index in [4.69, 9.17) is 4.99 Å². The predicted molar refractivity (Wildman–Crippen MR) is 87.4 cm³/mol. The van der Waals surface area contributed by atoms with Crippen molar-refractivity contribution < 1.29 is 4.79 Å². The number of rotatable bonds is 6.